The van der Waals surface area contributed by atoms with Gasteiger partial charge in [-0.05, 0) is 0 Å². The van der Waals surface area contributed by atoms with Crippen LogP contribution in [0.2, 0.25) is 13.3 Å². The van der Waals surface area contributed by atoms with Gasteiger partial charge in [-0.2, -0.15) is 0 Å². The minimum absolute atomic E-state index is 0.704. The van der Waals surface area contributed by atoms with Crippen molar-refractivity contribution in [2.45, 2.75) is 77.0 Å². The summed E-state index contributed by atoms with van der Waals surface area (Å²) in [4.78, 5) is 0. The summed E-state index contributed by atoms with van der Waals surface area (Å²) in [6.45, 7) is 6.99. The van der Waals surface area contributed by atoms with Gasteiger partial charge in [0, 0.05) is 0 Å². The van der Waals surface area contributed by atoms with Crippen molar-refractivity contribution in [1.29, 1.82) is 0 Å². The Morgan fingerprint density at radius 1 is 0.692 bits per heavy atom. The Morgan fingerprint density at radius 3 is 1.42 bits per heavy atom. The summed E-state index contributed by atoms with van der Waals surface area (Å²) in [6, 6.07) is 4.38. The van der Waals surface area contributed by atoms with Gasteiger partial charge in [-0.1, -0.05) is 0 Å². The molecule has 4 heteroatoms. The molecule has 0 N–H and O–H groups in total. The summed E-state index contributed by atoms with van der Waals surface area (Å²) in [6.07, 6.45) is 8.13. The standard InChI is InChI=1S/C10H13O3.3C4H9.Sn/c1-7-5-8(11-2)10(13-4)9(6-7)12-3;3*1-3-4-2;/h5-6H,1H2,2-4H3;3*1,3-4H2,2H3;. The van der Waals surface area contributed by atoms with Crippen LogP contribution in [0.25, 0.3) is 0 Å². The topological polar surface area (TPSA) is 27.7 Å². The Morgan fingerprint density at radius 2 is 1.12 bits per heavy atom. The van der Waals surface area contributed by atoms with Crippen LogP contribution in [0, 0.1) is 0 Å². The second-order valence-electron chi connectivity index (χ2n) is 7.52. The Kier molecular flexibility index (Phi) is 11.5. The number of methoxy groups -OCH3 is 3. The van der Waals surface area contributed by atoms with E-state index in [0.717, 1.165) is 11.5 Å². The molecule has 0 saturated heterocycles. The second-order valence-corrected chi connectivity index (χ2v) is 21.4. The molecule has 0 saturated carbocycles. The molecule has 1 aromatic carbocycles. The molecule has 0 aliphatic carbocycles. The molecule has 0 radical (unpaired) electrons. The van der Waals surface area contributed by atoms with E-state index in [1.54, 1.807) is 21.3 Å². The van der Waals surface area contributed by atoms with Gasteiger partial charge in [-0.25, -0.2) is 0 Å². The molecule has 0 aromatic heterocycles. The first-order chi connectivity index (χ1) is 12.6. The van der Waals surface area contributed by atoms with E-state index >= 15 is 0 Å². The molecule has 1 rings (SSSR count). The van der Waals surface area contributed by atoms with Crippen LogP contribution in [0.15, 0.2) is 12.1 Å². The fraction of sp³-hybridized carbons (Fsp3) is 0.727. The summed E-state index contributed by atoms with van der Waals surface area (Å²) in [5, 5.41) is 0. The van der Waals surface area contributed by atoms with Gasteiger partial charge >= 0.3 is 166 Å². The Balaban J connectivity index is 3.21. The normalized spacial score (nSPS) is 11.5. The molecular weight excluding hydrogens is 431 g/mol. The van der Waals surface area contributed by atoms with Gasteiger partial charge in [0.15, 0.2) is 0 Å². The van der Waals surface area contributed by atoms with Gasteiger partial charge < -0.3 is 0 Å². The van der Waals surface area contributed by atoms with Crippen LogP contribution < -0.4 is 14.2 Å². The van der Waals surface area contributed by atoms with Crippen LogP contribution in [0.1, 0.15) is 64.9 Å². The minimum atomic E-state index is -2.24. The van der Waals surface area contributed by atoms with Gasteiger partial charge in [-0.15, -0.1) is 0 Å². The summed E-state index contributed by atoms with van der Waals surface area (Å²) >= 11 is -2.24. The van der Waals surface area contributed by atoms with Crippen LogP contribution in [0.4, 0.5) is 0 Å². The van der Waals surface area contributed by atoms with Crippen LogP contribution in [0.3, 0.4) is 0 Å². The van der Waals surface area contributed by atoms with Crippen LogP contribution >= 0.6 is 0 Å². The monoisotopic (exact) mass is 472 g/mol. The summed E-state index contributed by atoms with van der Waals surface area (Å²) < 4.78 is 22.5. The van der Waals surface area contributed by atoms with E-state index in [4.69, 9.17) is 14.2 Å². The van der Waals surface area contributed by atoms with Crippen molar-refractivity contribution in [2.75, 3.05) is 21.3 Å². The molecule has 0 aliphatic heterocycles. The van der Waals surface area contributed by atoms with Crippen molar-refractivity contribution in [2.24, 2.45) is 0 Å². The first-order valence-electron chi connectivity index (χ1n) is 10.4. The average Bonchev–Trinajstić information content (AvgIpc) is 2.68. The van der Waals surface area contributed by atoms with Crippen molar-refractivity contribution >= 4 is 18.4 Å². The Bertz CT molecular complexity index is 469. The van der Waals surface area contributed by atoms with E-state index in [1.165, 1.54) is 61.8 Å². The zero-order chi connectivity index (χ0) is 19.4. The SMILES string of the molecule is CCC[CH2][Sn]([CH2]CCC)([CH2]CCC)[CH2]c1cc(OC)c(OC)c(OC)c1. The molecule has 0 spiro atoms. The van der Waals surface area contributed by atoms with Crippen LogP contribution in [-0.2, 0) is 4.44 Å². The third-order valence-corrected chi connectivity index (χ3v) is 20.9. The summed E-state index contributed by atoms with van der Waals surface area (Å²) in [5.74, 6) is 2.29. The summed E-state index contributed by atoms with van der Waals surface area (Å²) in [7, 11) is 5.10. The third-order valence-electron chi connectivity index (χ3n) is 5.49. The fourth-order valence-electron chi connectivity index (χ4n) is 3.97. The van der Waals surface area contributed by atoms with Crippen molar-refractivity contribution in [3.63, 3.8) is 0 Å². The maximum absolute atomic E-state index is 5.60. The van der Waals surface area contributed by atoms with Gasteiger partial charge in [0.1, 0.15) is 0 Å². The third kappa shape index (κ3) is 6.86. The van der Waals surface area contributed by atoms with E-state index in [0.29, 0.717) is 5.75 Å². The molecule has 150 valence electrons. The van der Waals surface area contributed by atoms with E-state index in [-0.39, 0.29) is 0 Å². The molecule has 0 atom stereocenters. The maximum atomic E-state index is 5.60. The van der Waals surface area contributed by atoms with Crippen LogP contribution in [0.5, 0.6) is 17.2 Å². The fourth-order valence-corrected chi connectivity index (χ4v) is 20.1. The molecule has 1 aromatic rings. The van der Waals surface area contributed by atoms with Crippen LogP contribution in [-0.4, -0.2) is 39.7 Å². The first kappa shape index (κ1) is 23.5. The molecule has 0 amide bonds. The first-order valence-corrected chi connectivity index (χ1v) is 18.5. The van der Waals surface area contributed by atoms with Crippen molar-refractivity contribution in [3.05, 3.63) is 17.7 Å². The quantitative estimate of drug-likeness (QED) is 0.285. The Hall–Kier alpha value is -0.581. The number of rotatable bonds is 14. The van der Waals surface area contributed by atoms with E-state index in [2.05, 4.69) is 32.9 Å². The predicted octanol–water partition coefficient (Wildman–Crippen LogP) is 6.64. The number of hydrogen-bond donors (Lipinski definition) is 0. The molecular formula is C22H40O3Sn. The average molecular weight is 471 g/mol. The number of benzene rings is 1. The number of ether oxygens (including phenoxy) is 3. The van der Waals surface area contributed by atoms with Gasteiger partial charge in [0.2, 0.25) is 0 Å². The van der Waals surface area contributed by atoms with E-state index < -0.39 is 18.4 Å². The zero-order valence-electron chi connectivity index (χ0n) is 18.0. The van der Waals surface area contributed by atoms with E-state index in [1.807, 2.05) is 0 Å². The van der Waals surface area contributed by atoms with Crippen molar-refractivity contribution in [3.8, 4) is 17.2 Å². The summed E-state index contributed by atoms with van der Waals surface area (Å²) in [5.41, 5.74) is 1.39. The molecule has 3 nitrogen and oxygen atoms in total. The number of unbranched alkanes of at least 4 members (excludes halogenated alkanes) is 3. The Labute approximate surface area is 165 Å². The van der Waals surface area contributed by atoms with Crippen molar-refractivity contribution < 1.29 is 14.2 Å². The zero-order valence-corrected chi connectivity index (χ0v) is 20.8. The van der Waals surface area contributed by atoms with Gasteiger partial charge in [0.05, 0.1) is 0 Å². The van der Waals surface area contributed by atoms with Gasteiger partial charge in [-0.3, -0.25) is 0 Å². The second kappa shape index (κ2) is 12.7. The van der Waals surface area contributed by atoms with Gasteiger partial charge in [0.25, 0.3) is 0 Å². The molecule has 0 bridgehead atoms. The molecule has 26 heavy (non-hydrogen) atoms. The van der Waals surface area contributed by atoms with Crippen molar-refractivity contribution in [1.82, 2.24) is 0 Å². The predicted molar refractivity (Wildman–Crippen MR) is 115 cm³/mol. The molecule has 0 fully saturated rings. The van der Waals surface area contributed by atoms with E-state index in [9.17, 15) is 0 Å². The molecule has 0 unspecified atom stereocenters. The molecule has 0 heterocycles. The molecule has 0 aliphatic rings. The number of hydrogen-bond acceptors (Lipinski definition) is 3.